The molecule has 2 N–H and O–H groups in total. The quantitative estimate of drug-likeness (QED) is 0.606. The molecule has 2 fully saturated rings. The van der Waals surface area contributed by atoms with Gasteiger partial charge >= 0.3 is 6.03 Å². The molecule has 0 radical (unpaired) electrons. The number of nitrogens with zero attached hydrogens (tertiary/aromatic N) is 1. The van der Waals surface area contributed by atoms with Crippen molar-refractivity contribution in [2.24, 2.45) is 0 Å². The second-order valence-corrected chi connectivity index (χ2v) is 6.63. The van der Waals surface area contributed by atoms with E-state index >= 15 is 0 Å². The molecule has 1 aliphatic carbocycles. The van der Waals surface area contributed by atoms with E-state index in [9.17, 15) is 9.59 Å². The minimum atomic E-state index is -0.0471. The molecule has 5 nitrogen and oxygen atoms in total. The Morgan fingerprint density at radius 3 is 2.55 bits per heavy atom. The minimum absolute atomic E-state index is 0.0471. The van der Waals surface area contributed by atoms with Crippen LogP contribution in [0.1, 0.15) is 70.6 Å². The van der Waals surface area contributed by atoms with Gasteiger partial charge in [-0.3, -0.25) is 4.79 Å². The van der Waals surface area contributed by atoms with Crippen molar-refractivity contribution in [1.29, 1.82) is 0 Å². The maximum Gasteiger partial charge on any atom is 0.315 e. The van der Waals surface area contributed by atoms with Crippen LogP contribution in [0.5, 0.6) is 0 Å². The Bertz CT molecular complexity index is 352. The zero-order valence-electron chi connectivity index (χ0n) is 13.7. The third-order valence-electron chi connectivity index (χ3n) is 4.75. The second kappa shape index (κ2) is 9.70. The van der Waals surface area contributed by atoms with Gasteiger partial charge in [0.05, 0.1) is 0 Å². The zero-order valence-corrected chi connectivity index (χ0v) is 13.7. The molecule has 1 saturated heterocycles. The molecule has 5 heteroatoms. The number of hydrogen-bond acceptors (Lipinski definition) is 2. The van der Waals surface area contributed by atoms with E-state index in [1.54, 1.807) is 0 Å². The largest absolute Gasteiger partial charge is 0.343 e. The maximum absolute atomic E-state index is 11.9. The van der Waals surface area contributed by atoms with Gasteiger partial charge in [-0.15, -0.1) is 0 Å². The van der Waals surface area contributed by atoms with E-state index < -0.39 is 0 Å². The smallest absolute Gasteiger partial charge is 0.315 e. The highest BCUT2D eigenvalue weighted by molar-refractivity contribution is 5.76. The summed E-state index contributed by atoms with van der Waals surface area (Å²) in [5.74, 6) is 0.278. The Hall–Kier alpha value is -1.26. The van der Waals surface area contributed by atoms with Crippen molar-refractivity contribution in [3.8, 4) is 0 Å². The molecule has 0 spiro atoms. The van der Waals surface area contributed by atoms with Gasteiger partial charge in [-0.1, -0.05) is 32.1 Å². The van der Waals surface area contributed by atoms with Gasteiger partial charge < -0.3 is 15.5 Å². The average molecular weight is 309 g/mol. The van der Waals surface area contributed by atoms with Crippen LogP contribution in [0.25, 0.3) is 0 Å². The molecule has 0 aromatic carbocycles. The number of likely N-dealkylation sites (tertiary alicyclic amines) is 1. The molecule has 1 heterocycles. The highest BCUT2D eigenvalue weighted by Gasteiger charge is 2.16. The van der Waals surface area contributed by atoms with Gasteiger partial charge in [-0.2, -0.15) is 0 Å². The van der Waals surface area contributed by atoms with Gasteiger partial charge in [0.1, 0.15) is 0 Å². The van der Waals surface area contributed by atoms with Crippen LogP contribution < -0.4 is 10.6 Å². The number of carbonyl (C=O) groups is 2. The molecular formula is C17H31N3O2. The van der Waals surface area contributed by atoms with Gasteiger partial charge in [0.2, 0.25) is 5.91 Å². The van der Waals surface area contributed by atoms with E-state index in [0.29, 0.717) is 19.0 Å². The summed E-state index contributed by atoms with van der Waals surface area (Å²) in [5.41, 5.74) is 0. The third kappa shape index (κ3) is 6.24. The molecule has 2 rings (SSSR count). The lowest BCUT2D eigenvalue weighted by molar-refractivity contribution is -0.130. The van der Waals surface area contributed by atoms with E-state index in [-0.39, 0.29) is 11.9 Å². The standard InChI is InChI=1S/C17H31N3O2/c21-16-11-6-3-7-13-20(16)14-8-12-18-17(22)19-15-9-4-1-2-5-10-15/h15H,1-14H2,(H2,18,19,22). The molecule has 3 amide bonds. The molecule has 0 atom stereocenters. The lowest BCUT2D eigenvalue weighted by Crippen LogP contribution is -2.43. The zero-order chi connectivity index (χ0) is 15.6. The summed E-state index contributed by atoms with van der Waals surface area (Å²) in [5, 5.41) is 6.02. The molecule has 2 aliphatic rings. The molecule has 0 unspecified atom stereocenters. The van der Waals surface area contributed by atoms with E-state index in [4.69, 9.17) is 0 Å². The average Bonchev–Trinajstić information content (AvgIpc) is 2.87. The van der Waals surface area contributed by atoms with Crippen LogP contribution in [0.2, 0.25) is 0 Å². The Morgan fingerprint density at radius 1 is 1.05 bits per heavy atom. The summed E-state index contributed by atoms with van der Waals surface area (Å²) < 4.78 is 0. The molecule has 22 heavy (non-hydrogen) atoms. The molecule has 0 aromatic heterocycles. The third-order valence-corrected chi connectivity index (χ3v) is 4.75. The Morgan fingerprint density at radius 2 is 1.77 bits per heavy atom. The normalized spacial score (nSPS) is 21.1. The van der Waals surface area contributed by atoms with Gasteiger partial charge in [-0.05, 0) is 32.1 Å². The number of amides is 3. The Balaban J connectivity index is 1.57. The first-order valence-corrected chi connectivity index (χ1v) is 9.08. The lowest BCUT2D eigenvalue weighted by Gasteiger charge is -2.21. The van der Waals surface area contributed by atoms with Crippen molar-refractivity contribution < 1.29 is 9.59 Å². The van der Waals surface area contributed by atoms with Crippen molar-refractivity contribution in [2.75, 3.05) is 19.6 Å². The highest BCUT2D eigenvalue weighted by atomic mass is 16.2. The van der Waals surface area contributed by atoms with Crippen LogP contribution >= 0.6 is 0 Å². The highest BCUT2D eigenvalue weighted by Crippen LogP contribution is 2.17. The summed E-state index contributed by atoms with van der Waals surface area (Å²) in [6, 6.07) is 0.295. The van der Waals surface area contributed by atoms with Gasteiger partial charge in [0, 0.05) is 32.1 Å². The molecule has 1 saturated carbocycles. The van der Waals surface area contributed by atoms with Crippen LogP contribution in [0.15, 0.2) is 0 Å². The van der Waals surface area contributed by atoms with E-state index in [2.05, 4.69) is 10.6 Å². The van der Waals surface area contributed by atoms with Crippen molar-refractivity contribution in [1.82, 2.24) is 15.5 Å². The number of carbonyl (C=O) groups excluding carboxylic acids is 2. The van der Waals surface area contributed by atoms with Gasteiger partial charge in [0.25, 0.3) is 0 Å². The number of urea groups is 1. The minimum Gasteiger partial charge on any atom is -0.343 e. The molecule has 0 aromatic rings. The monoisotopic (exact) mass is 309 g/mol. The van der Waals surface area contributed by atoms with E-state index in [1.807, 2.05) is 4.90 Å². The van der Waals surface area contributed by atoms with E-state index in [0.717, 1.165) is 51.6 Å². The molecule has 0 bridgehead atoms. The van der Waals surface area contributed by atoms with Crippen LogP contribution in [0, 0.1) is 0 Å². The first kappa shape index (κ1) is 17.1. The van der Waals surface area contributed by atoms with Gasteiger partial charge in [0.15, 0.2) is 0 Å². The molecule has 126 valence electrons. The van der Waals surface area contributed by atoms with Crippen LogP contribution in [0.3, 0.4) is 0 Å². The molecular weight excluding hydrogens is 278 g/mol. The fourth-order valence-electron chi connectivity index (χ4n) is 3.41. The van der Waals surface area contributed by atoms with E-state index in [1.165, 1.54) is 25.7 Å². The Kier molecular flexibility index (Phi) is 7.54. The predicted molar refractivity (Wildman–Crippen MR) is 87.7 cm³/mol. The Labute approximate surface area is 134 Å². The SMILES string of the molecule is O=C(NCCCN1CCCCCC1=O)NC1CCCCCC1. The van der Waals surface area contributed by atoms with Crippen LogP contribution in [0.4, 0.5) is 4.79 Å². The summed E-state index contributed by atoms with van der Waals surface area (Å²) in [6.45, 7) is 2.29. The number of hydrogen-bond donors (Lipinski definition) is 2. The molecule has 1 aliphatic heterocycles. The number of nitrogens with one attached hydrogen (secondary N) is 2. The summed E-state index contributed by atoms with van der Waals surface area (Å²) >= 11 is 0. The topological polar surface area (TPSA) is 61.4 Å². The first-order chi connectivity index (χ1) is 10.8. The first-order valence-electron chi connectivity index (χ1n) is 9.08. The van der Waals surface area contributed by atoms with Crippen molar-refractivity contribution >= 4 is 11.9 Å². The fraction of sp³-hybridized carbons (Fsp3) is 0.882. The summed E-state index contributed by atoms with van der Waals surface area (Å²) in [6.07, 6.45) is 12.1. The van der Waals surface area contributed by atoms with Crippen molar-refractivity contribution in [2.45, 2.75) is 76.7 Å². The van der Waals surface area contributed by atoms with Crippen molar-refractivity contribution in [3.63, 3.8) is 0 Å². The predicted octanol–water partition coefficient (Wildman–Crippen LogP) is 2.80. The van der Waals surface area contributed by atoms with Crippen LogP contribution in [-0.4, -0.2) is 42.5 Å². The maximum atomic E-state index is 11.9. The number of rotatable bonds is 5. The van der Waals surface area contributed by atoms with Gasteiger partial charge in [-0.25, -0.2) is 4.79 Å². The lowest BCUT2D eigenvalue weighted by atomic mass is 10.1. The summed E-state index contributed by atoms with van der Waals surface area (Å²) in [4.78, 5) is 25.7. The second-order valence-electron chi connectivity index (χ2n) is 6.63. The van der Waals surface area contributed by atoms with Crippen molar-refractivity contribution in [3.05, 3.63) is 0 Å². The fourth-order valence-corrected chi connectivity index (χ4v) is 3.41. The summed E-state index contributed by atoms with van der Waals surface area (Å²) in [7, 11) is 0. The van der Waals surface area contributed by atoms with Crippen LogP contribution in [-0.2, 0) is 4.79 Å².